The SMILES string of the molecule is CC(C)C(NC1CC1)c1nccs1. The van der Waals surface area contributed by atoms with Gasteiger partial charge in [0.05, 0.1) is 6.04 Å². The van der Waals surface area contributed by atoms with Crippen LogP contribution in [-0.4, -0.2) is 11.0 Å². The third kappa shape index (κ3) is 2.29. The summed E-state index contributed by atoms with van der Waals surface area (Å²) in [5.74, 6) is 0.631. The number of nitrogens with one attached hydrogen (secondary N) is 1. The van der Waals surface area contributed by atoms with Gasteiger partial charge in [0.1, 0.15) is 5.01 Å². The van der Waals surface area contributed by atoms with Gasteiger partial charge in [0, 0.05) is 17.6 Å². The van der Waals surface area contributed by atoms with Crippen molar-refractivity contribution in [2.45, 2.75) is 38.8 Å². The molecule has 13 heavy (non-hydrogen) atoms. The van der Waals surface area contributed by atoms with Crippen molar-refractivity contribution in [1.82, 2.24) is 10.3 Å². The molecule has 1 fully saturated rings. The molecule has 1 aliphatic rings. The topological polar surface area (TPSA) is 24.9 Å². The highest BCUT2D eigenvalue weighted by atomic mass is 32.1. The van der Waals surface area contributed by atoms with Crippen molar-refractivity contribution in [3.05, 3.63) is 16.6 Å². The number of rotatable bonds is 4. The Bertz CT molecular complexity index is 252. The molecule has 0 amide bonds. The van der Waals surface area contributed by atoms with Gasteiger partial charge in [-0.25, -0.2) is 4.98 Å². The second-order valence-electron chi connectivity index (χ2n) is 4.03. The smallest absolute Gasteiger partial charge is 0.110 e. The standard InChI is InChI=1S/C10H16N2S/c1-7(2)9(12-8-3-4-8)10-11-5-6-13-10/h5-9,12H,3-4H2,1-2H3. The molecule has 1 saturated carbocycles. The predicted octanol–water partition coefficient (Wildman–Crippen LogP) is 2.59. The van der Waals surface area contributed by atoms with Crippen LogP contribution < -0.4 is 5.32 Å². The Labute approximate surface area is 83.4 Å². The molecule has 1 N–H and O–H groups in total. The minimum absolute atomic E-state index is 0.465. The van der Waals surface area contributed by atoms with Crippen molar-refractivity contribution in [2.75, 3.05) is 0 Å². The maximum absolute atomic E-state index is 4.37. The summed E-state index contributed by atoms with van der Waals surface area (Å²) in [5.41, 5.74) is 0. The summed E-state index contributed by atoms with van der Waals surface area (Å²) >= 11 is 1.76. The van der Waals surface area contributed by atoms with Crippen LogP contribution in [0, 0.1) is 5.92 Å². The van der Waals surface area contributed by atoms with Crippen molar-refractivity contribution in [3.8, 4) is 0 Å². The average Bonchev–Trinajstić information content (AvgIpc) is 2.75. The first-order chi connectivity index (χ1) is 6.27. The summed E-state index contributed by atoms with van der Waals surface area (Å²) in [6.45, 7) is 4.50. The van der Waals surface area contributed by atoms with E-state index in [0.717, 1.165) is 6.04 Å². The van der Waals surface area contributed by atoms with Crippen LogP contribution in [0.2, 0.25) is 0 Å². The highest BCUT2D eigenvalue weighted by Crippen LogP contribution is 2.29. The van der Waals surface area contributed by atoms with Crippen LogP contribution in [0.15, 0.2) is 11.6 Å². The Hall–Kier alpha value is -0.410. The highest BCUT2D eigenvalue weighted by Gasteiger charge is 2.27. The van der Waals surface area contributed by atoms with Gasteiger partial charge >= 0.3 is 0 Å². The fraction of sp³-hybridized carbons (Fsp3) is 0.700. The summed E-state index contributed by atoms with van der Waals surface area (Å²) in [5, 5.41) is 6.93. The third-order valence-corrected chi connectivity index (χ3v) is 3.24. The number of thiazole rings is 1. The van der Waals surface area contributed by atoms with Crippen LogP contribution in [-0.2, 0) is 0 Å². The van der Waals surface area contributed by atoms with Gasteiger partial charge in [-0.15, -0.1) is 11.3 Å². The molecule has 1 aromatic heterocycles. The predicted molar refractivity (Wildman–Crippen MR) is 55.9 cm³/mol. The van der Waals surface area contributed by atoms with Gasteiger partial charge < -0.3 is 5.32 Å². The molecule has 0 bridgehead atoms. The molecule has 1 atom stereocenters. The zero-order valence-corrected chi connectivity index (χ0v) is 8.97. The number of hydrogen-bond acceptors (Lipinski definition) is 3. The quantitative estimate of drug-likeness (QED) is 0.800. The molecule has 0 saturated heterocycles. The van der Waals surface area contributed by atoms with Crippen LogP contribution in [0.4, 0.5) is 0 Å². The molecule has 1 aromatic rings. The Morgan fingerprint density at radius 2 is 2.31 bits per heavy atom. The first-order valence-electron chi connectivity index (χ1n) is 4.93. The van der Waals surface area contributed by atoms with E-state index in [1.54, 1.807) is 11.3 Å². The summed E-state index contributed by atoms with van der Waals surface area (Å²) in [4.78, 5) is 4.37. The first-order valence-corrected chi connectivity index (χ1v) is 5.81. The Balaban J connectivity index is 2.04. The van der Waals surface area contributed by atoms with E-state index in [-0.39, 0.29) is 0 Å². The molecule has 0 radical (unpaired) electrons. The fourth-order valence-corrected chi connectivity index (χ4v) is 2.31. The molecular weight excluding hydrogens is 180 g/mol. The Morgan fingerprint density at radius 1 is 1.54 bits per heavy atom. The number of nitrogens with zero attached hydrogens (tertiary/aromatic N) is 1. The maximum Gasteiger partial charge on any atom is 0.110 e. The van der Waals surface area contributed by atoms with E-state index in [9.17, 15) is 0 Å². The molecule has 72 valence electrons. The zero-order chi connectivity index (χ0) is 9.26. The molecule has 3 heteroatoms. The van der Waals surface area contributed by atoms with Crippen LogP contribution in [0.3, 0.4) is 0 Å². The van der Waals surface area contributed by atoms with Crippen molar-refractivity contribution in [2.24, 2.45) is 5.92 Å². The van der Waals surface area contributed by atoms with E-state index in [2.05, 4.69) is 29.5 Å². The summed E-state index contributed by atoms with van der Waals surface area (Å²) < 4.78 is 0. The van der Waals surface area contributed by atoms with E-state index in [1.807, 2.05) is 6.20 Å². The molecule has 2 nitrogen and oxygen atoms in total. The first kappa shape index (κ1) is 9.16. The summed E-state index contributed by atoms with van der Waals surface area (Å²) in [6, 6.07) is 1.23. The van der Waals surface area contributed by atoms with Crippen molar-refractivity contribution >= 4 is 11.3 Å². The third-order valence-electron chi connectivity index (χ3n) is 2.38. The zero-order valence-electron chi connectivity index (χ0n) is 8.16. The molecule has 1 unspecified atom stereocenters. The van der Waals surface area contributed by atoms with Crippen LogP contribution in [0.5, 0.6) is 0 Å². The Morgan fingerprint density at radius 3 is 2.77 bits per heavy atom. The van der Waals surface area contributed by atoms with E-state index in [1.165, 1.54) is 17.8 Å². The van der Waals surface area contributed by atoms with Gasteiger partial charge in [0.2, 0.25) is 0 Å². The second-order valence-corrected chi connectivity index (χ2v) is 4.96. The summed E-state index contributed by atoms with van der Waals surface area (Å²) in [6.07, 6.45) is 4.58. The molecule has 2 rings (SSSR count). The van der Waals surface area contributed by atoms with Crippen LogP contribution in [0.1, 0.15) is 37.7 Å². The van der Waals surface area contributed by atoms with Crippen LogP contribution in [0.25, 0.3) is 0 Å². The number of aromatic nitrogens is 1. The molecular formula is C10H16N2S. The van der Waals surface area contributed by atoms with Gasteiger partial charge in [-0.2, -0.15) is 0 Å². The van der Waals surface area contributed by atoms with E-state index >= 15 is 0 Å². The average molecular weight is 196 g/mol. The molecule has 0 aliphatic heterocycles. The number of hydrogen-bond donors (Lipinski definition) is 1. The lowest BCUT2D eigenvalue weighted by atomic mass is 10.1. The van der Waals surface area contributed by atoms with Gasteiger partial charge in [0.15, 0.2) is 0 Å². The van der Waals surface area contributed by atoms with E-state index < -0.39 is 0 Å². The molecule has 1 aliphatic carbocycles. The molecule has 0 aromatic carbocycles. The van der Waals surface area contributed by atoms with Crippen molar-refractivity contribution in [1.29, 1.82) is 0 Å². The maximum atomic E-state index is 4.37. The normalized spacial score (nSPS) is 19.3. The minimum Gasteiger partial charge on any atom is -0.305 e. The summed E-state index contributed by atoms with van der Waals surface area (Å²) in [7, 11) is 0. The lowest BCUT2D eigenvalue weighted by Gasteiger charge is -2.19. The van der Waals surface area contributed by atoms with Gasteiger partial charge in [-0.1, -0.05) is 13.8 Å². The van der Waals surface area contributed by atoms with E-state index in [4.69, 9.17) is 0 Å². The fourth-order valence-electron chi connectivity index (χ4n) is 1.44. The Kier molecular flexibility index (Phi) is 2.65. The van der Waals surface area contributed by atoms with Gasteiger partial charge in [0.25, 0.3) is 0 Å². The van der Waals surface area contributed by atoms with Crippen LogP contribution >= 0.6 is 11.3 Å². The largest absolute Gasteiger partial charge is 0.305 e. The van der Waals surface area contributed by atoms with E-state index in [0.29, 0.717) is 12.0 Å². The van der Waals surface area contributed by atoms with Gasteiger partial charge in [-0.3, -0.25) is 0 Å². The highest BCUT2D eigenvalue weighted by molar-refractivity contribution is 7.09. The van der Waals surface area contributed by atoms with Crippen molar-refractivity contribution in [3.63, 3.8) is 0 Å². The minimum atomic E-state index is 0.465. The van der Waals surface area contributed by atoms with Crippen molar-refractivity contribution < 1.29 is 0 Å². The molecule has 1 heterocycles. The van der Waals surface area contributed by atoms with Gasteiger partial charge in [-0.05, 0) is 18.8 Å². The lowest BCUT2D eigenvalue weighted by Crippen LogP contribution is -2.27. The monoisotopic (exact) mass is 196 g/mol. The lowest BCUT2D eigenvalue weighted by molar-refractivity contribution is 0.408. The second kappa shape index (κ2) is 3.76. The molecule has 0 spiro atoms.